The van der Waals surface area contributed by atoms with Crippen LogP contribution in [0.15, 0.2) is 0 Å². The van der Waals surface area contributed by atoms with E-state index in [9.17, 15) is 10.2 Å². The average Bonchev–Trinajstić information content (AvgIpc) is 2.95. The summed E-state index contributed by atoms with van der Waals surface area (Å²) < 4.78 is 46.4. The minimum atomic E-state index is -2.61. The lowest BCUT2D eigenvalue weighted by atomic mass is 10.3. The second-order valence-corrected chi connectivity index (χ2v) is 15.2. The van der Waals surface area contributed by atoms with Crippen LogP contribution in [0.3, 0.4) is 0 Å². The Morgan fingerprint density at radius 3 is 1.10 bits per heavy atom. The molecule has 2 unspecified atom stereocenters. The topological polar surface area (TPSA) is 138 Å². The maximum Gasteiger partial charge on any atom is 0.500 e. The highest BCUT2D eigenvalue weighted by molar-refractivity contribution is 6.61. The quantitative estimate of drug-likeness (QED) is 0.0617. The molecular formula is C28H64N2O10Si2. The third-order valence-corrected chi connectivity index (χ3v) is 12.4. The lowest BCUT2D eigenvalue weighted by Crippen LogP contribution is -2.46. The van der Waals surface area contributed by atoms with Gasteiger partial charge in [0, 0.05) is 78.0 Å². The molecule has 0 saturated carbocycles. The first-order valence-corrected chi connectivity index (χ1v) is 20.0. The molecule has 0 fully saturated rings. The van der Waals surface area contributed by atoms with Gasteiger partial charge in [-0.05, 0) is 80.3 Å². The zero-order valence-corrected chi connectivity index (χ0v) is 29.5. The van der Waals surface area contributed by atoms with Crippen LogP contribution < -0.4 is 10.6 Å². The maximum atomic E-state index is 10.2. The van der Waals surface area contributed by atoms with E-state index in [4.69, 9.17) is 36.0 Å². The number of aliphatic hydroxyl groups excluding tert-OH is 2. The fraction of sp³-hybridized carbons (Fsp3) is 1.00. The van der Waals surface area contributed by atoms with E-state index in [0.29, 0.717) is 65.9 Å². The molecule has 0 aliphatic carbocycles. The van der Waals surface area contributed by atoms with Crippen LogP contribution in [0.5, 0.6) is 0 Å². The molecule has 254 valence electrons. The van der Waals surface area contributed by atoms with E-state index < -0.39 is 29.8 Å². The Kier molecular flexibility index (Phi) is 28.4. The molecule has 0 saturated heterocycles. The maximum absolute atomic E-state index is 10.2. The Morgan fingerprint density at radius 1 is 0.500 bits per heavy atom. The molecule has 4 N–H and O–H groups in total. The van der Waals surface area contributed by atoms with Crippen molar-refractivity contribution < 1.29 is 46.2 Å². The second-order valence-electron chi connectivity index (χ2n) is 9.74. The summed E-state index contributed by atoms with van der Waals surface area (Å²) in [4.78, 5) is 0. The van der Waals surface area contributed by atoms with Gasteiger partial charge in [-0.3, -0.25) is 0 Å². The largest absolute Gasteiger partial charge is 0.500 e. The average molecular weight is 645 g/mol. The van der Waals surface area contributed by atoms with Crippen molar-refractivity contribution in [2.24, 2.45) is 0 Å². The molecule has 0 aromatic carbocycles. The zero-order valence-electron chi connectivity index (χ0n) is 27.5. The highest BCUT2D eigenvalue weighted by Crippen LogP contribution is 2.18. The molecule has 0 radical (unpaired) electrons. The number of hydrogen-bond donors (Lipinski definition) is 4. The minimum absolute atomic E-state index is 0.289. The Hall–Kier alpha value is -0.0462. The van der Waals surface area contributed by atoms with Crippen molar-refractivity contribution in [3.05, 3.63) is 0 Å². The molecule has 0 spiro atoms. The van der Waals surface area contributed by atoms with Gasteiger partial charge >= 0.3 is 17.6 Å². The number of aliphatic hydroxyl groups is 2. The zero-order chi connectivity index (χ0) is 31.4. The van der Waals surface area contributed by atoms with Gasteiger partial charge in [0.15, 0.2) is 0 Å². The smallest absolute Gasteiger partial charge is 0.389 e. The van der Waals surface area contributed by atoms with E-state index in [-0.39, 0.29) is 13.2 Å². The predicted octanol–water partition coefficient (Wildman–Crippen LogP) is 2.58. The minimum Gasteiger partial charge on any atom is -0.389 e. The predicted molar refractivity (Wildman–Crippen MR) is 169 cm³/mol. The van der Waals surface area contributed by atoms with Crippen LogP contribution in [-0.2, 0) is 36.0 Å². The lowest BCUT2D eigenvalue weighted by Gasteiger charge is -2.28. The van der Waals surface area contributed by atoms with Crippen LogP contribution in [-0.4, -0.2) is 132 Å². The van der Waals surface area contributed by atoms with E-state index in [1.165, 1.54) is 0 Å². The van der Waals surface area contributed by atoms with Crippen LogP contribution in [0.4, 0.5) is 0 Å². The normalized spacial score (nSPS) is 14.0. The van der Waals surface area contributed by atoms with Gasteiger partial charge in [0.1, 0.15) is 0 Å². The first kappa shape index (κ1) is 42.0. The highest BCUT2D eigenvalue weighted by atomic mass is 28.4. The van der Waals surface area contributed by atoms with Gasteiger partial charge in [0.25, 0.3) is 0 Å². The molecule has 0 heterocycles. The Balaban J connectivity index is 3.78. The summed E-state index contributed by atoms with van der Waals surface area (Å²) in [6, 6.07) is 1.50. The molecule has 12 nitrogen and oxygen atoms in total. The van der Waals surface area contributed by atoms with E-state index in [1.54, 1.807) is 0 Å². The van der Waals surface area contributed by atoms with Crippen LogP contribution in [0.1, 0.15) is 67.2 Å². The van der Waals surface area contributed by atoms with E-state index in [1.807, 2.05) is 41.5 Å². The molecule has 14 heteroatoms. The van der Waals surface area contributed by atoms with Crippen LogP contribution in [0, 0.1) is 0 Å². The lowest BCUT2D eigenvalue weighted by molar-refractivity contribution is 0.0216. The second kappa shape index (κ2) is 28.4. The van der Waals surface area contributed by atoms with E-state index in [2.05, 4.69) is 10.6 Å². The summed E-state index contributed by atoms with van der Waals surface area (Å²) in [5, 5.41) is 26.8. The molecule has 0 aromatic heterocycles. The third kappa shape index (κ3) is 21.6. The third-order valence-electron chi connectivity index (χ3n) is 6.07. The Morgan fingerprint density at radius 2 is 0.810 bits per heavy atom. The molecule has 0 aromatic rings. The van der Waals surface area contributed by atoms with Gasteiger partial charge in [-0.2, -0.15) is 0 Å². The van der Waals surface area contributed by atoms with Crippen molar-refractivity contribution >= 4 is 17.6 Å². The standard InChI is InChI=1S/C28H64N2O10Si2/c1-7-35-41(36-8-2,37-9-3)21-15-17-29-23-27(31)25-33-19-13-14-20-34-26-28(32)24-30-18-16-22-42(38-10-4,39-11-5)40-12-6/h27-32H,7-26H2,1-6H3. The van der Waals surface area contributed by atoms with Crippen molar-refractivity contribution in [3.63, 3.8) is 0 Å². The highest BCUT2D eigenvalue weighted by Gasteiger charge is 2.40. The Labute approximate surface area is 258 Å². The molecule has 0 bridgehead atoms. The van der Waals surface area contributed by atoms with Crippen LogP contribution in [0.25, 0.3) is 0 Å². The molecule has 0 amide bonds. The summed E-state index contributed by atoms with van der Waals surface area (Å²) in [5.74, 6) is 0. The monoisotopic (exact) mass is 644 g/mol. The van der Waals surface area contributed by atoms with Gasteiger partial charge in [0.2, 0.25) is 0 Å². The Bertz CT molecular complexity index is 505. The molecule has 0 rings (SSSR count). The fourth-order valence-corrected chi connectivity index (χ4v) is 9.59. The SMILES string of the molecule is CCO[Si](CCCNCC(O)COCCCCOCC(O)CNCCC[Si](OCC)(OCC)OCC)(OCC)OCC. The van der Waals surface area contributed by atoms with Crippen molar-refractivity contribution in [2.75, 3.05) is 92.2 Å². The van der Waals surface area contributed by atoms with Gasteiger partial charge in [-0.25, -0.2) is 0 Å². The van der Waals surface area contributed by atoms with E-state index >= 15 is 0 Å². The van der Waals surface area contributed by atoms with Crippen molar-refractivity contribution in [3.8, 4) is 0 Å². The summed E-state index contributed by atoms with van der Waals surface area (Å²) in [6.45, 7) is 19.3. The number of unbranched alkanes of at least 4 members (excludes halogenated alkanes) is 1. The first-order chi connectivity index (χ1) is 20.4. The number of hydrogen-bond acceptors (Lipinski definition) is 12. The molecule has 2 atom stereocenters. The van der Waals surface area contributed by atoms with Gasteiger partial charge in [-0.15, -0.1) is 0 Å². The van der Waals surface area contributed by atoms with Crippen molar-refractivity contribution in [1.82, 2.24) is 10.6 Å². The van der Waals surface area contributed by atoms with Crippen molar-refractivity contribution in [1.29, 1.82) is 0 Å². The summed E-state index contributed by atoms with van der Waals surface area (Å²) in [6.07, 6.45) is 2.24. The number of ether oxygens (including phenoxy) is 2. The fourth-order valence-electron chi connectivity index (χ4n) is 4.36. The number of rotatable bonds is 33. The summed E-state index contributed by atoms with van der Waals surface area (Å²) >= 11 is 0. The molecular weight excluding hydrogens is 580 g/mol. The number of nitrogens with one attached hydrogen (secondary N) is 2. The molecule has 0 aliphatic rings. The van der Waals surface area contributed by atoms with Crippen molar-refractivity contribution in [2.45, 2.75) is 91.5 Å². The van der Waals surface area contributed by atoms with E-state index in [0.717, 1.165) is 50.9 Å². The summed E-state index contributed by atoms with van der Waals surface area (Å²) in [7, 11) is -5.21. The van der Waals surface area contributed by atoms with Gasteiger partial charge in [-0.1, -0.05) is 0 Å². The van der Waals surface area contributed by atoms with Crippen LogP contribution >= 0.6 is 0 Å². The molecule has 42 heavy (non-hydrogen) atoms. The van der Waals surface area contributed by atoms with Crippen LogP contribution in [0.2, 0.25) is 12.1 Å². The summed E-state index contributed by atoms with van der Waals surface area (Å²) in [5.41, 5.74) is 0. The first-order valence-electron chi connectivity index (χ1n) is 16.1. The van der Waals surface area contributed by atoms with Gasteiger partial charge in [0.05, 0.1) is 25.4 Å². The molecule has 0 aliphatic heterocycles. The van der Waals surface area contributed by atoms with Gasteiger partial charge < -0.3 is 56.9 Å².